The third kappa shape index (κ3) is 4.28. The van der Waals surface area contributed by atoms with Gasteiger partial charge in [0.15, 0.2) is 0 Å². The summed E-state index contributed by atoms with van der Waals surface area (Å²) in [5, 5.41) is 5.69. The van der Waals surface area contributed by atoms with Crippen molar-refractivity contribution in [1.82, 2.24) is 20.6 Å². The molecule has 2 heterocycles. The lowest BCUT2D eigenvalue weighted by atomic mass is 10.0. The van der Waals surface area contributed by atoms with Crippen molar-refractivity contribution in [2.45, 2.75) is 38.8 Å². The van der Waals surface area contributed by atoms with Crippen molar-refractivity contribution in [2.75, 3.05) is 4.90 Å². The van der Waals surface area contributed by atoms with E-state index in [0.29, 0.717) is 11.5 Å². The van der Waals surface area contributed by atoms with Gasteiger partial charge in [0.05, 0.1) is 22.8 Å². The fourth-order valence-electron chi connectivity index (χ4n) is 3.74. The van der Waals surface area contributed by atoms with E-state index in [9.17, 15) is 14.4 Å². The van der Waals surface area contributed by atoms with Gasteiger partial charge in [0.1, 0.15) is 11.9 Å². The predicted octanol–water partition coefficient (Wildman–Crippen LogP) is 3.28. The Morgan fingerprint density at radius 1 is 1.10 bits per heavy atom. The molecule has 0 unspecified atom stereocenters. The number of rotatable bonds is 7. The average molecular weight is 419 g/mol. The smallest absolute Gasteiger partial charge is 0.329 e. The number of benzene rings is 2. The van der Waals surface area contributed by atoms with Crippen molar-refractivity contribution in [2.24, 2.45) is 5.92 Å². The lowest BCUT2D eigenvalue weighted by Gasteiger charge is -2.20. The normalized spacial score (nSPS) is 17.3. The van der Waals surface area contributed by atoms with Crippen LogP contribution in [-0.4, -0.2) is 33.9 Å². The Morgan fingerprint density at radius 3 is 2.52 bits per heavy atom. The van der Waals surface area contributed by atoms with Gasteiger partial charge >= 0.3 is 6.03 Å². The summed E-state index contributed by atoms with van der Waals surface area (Å²) in [5.74, 6) is 0.275. The van der Waals surface area contributed by atoms with E-state index in [1.165, 1.54) is 0 Å². The monoisotopic (exact) mass is 419 g/mol. The topological polar surface area (TPSA) is 107 Å². The molecule has 2 aromatic carbocycles. The lowest BCUT2D eigenvalue weighted by Crippen LogP contribution is -2.35. The molecule has 1 aliphatic rings. The third-order valence-electron chi connectivity index (χ3n) is 5.38. The SMILES string of the molecule is CC(C)[C@@H](NC(=O)CC[C@H]1NC(=O)N(c2ccccc2)C1=O)c1nc2ccccc2[nH]1. The first-order valence-electron chi connectivity index (χ1n) is 10.4. The second-order valence-electron chi connectivity index (χ2n) is 7.98. The minimum atomic E-state index is -0.720. The number of H-pyrrole nitrogens is 1. The summed E-state index contributed by atoms with van der Waals surface area (Å²) in [6, 6.07) is 15.0. The van der Waals surface area contributed by atoms with Gasteiger partial charge in [0.2, 0.25) is 5.91 Å². The number of nitrogens with one attached hydrogen (secondary N) is 3. The number of hydrogen-bond acceptors (Lipinski definition) is 4. The Kier molecular flexibility index (Phi) is 5.70. The number of carbonyl (C=O) groups is 3. The Bertz CT molecular complexity index is 1080. The molecule has 160 valence electrons. The van der Waals surface area contributed by atoms with Gasteiger partial charge in [-0.15, -0.1) is 0 Å². The summed E-state index contributed by atoms with van der Waals surface area (Å²) in [5.41, 5.74) is 2.28. The van der Waals surface area contributed by atoms with Crippen LogP contribution in [0.25, 0.3) is 11.0 Å². The van der Waals surface area contributed by atoms with Gasteiger partial charge in [-0.2, -0.15) is 0 Å². The fourth-order valence-corrected chi connectivity index (χ4v) is 3.74. The number of aromatic amines is 1. The molecule has 3 aromatic rings. The number of imide groups is 1. The van der Waals surface area contributed by atoms with E-state index in [2.05, 4.69) is 20.6 Å². The first kappa shape index (κ1) is 20.6. The highest BCUT2D eigenvalue weighted by Crippen LogP contribution is 2.23. The Labute approximate surface area is 180 Å². The largest absolute Gasteiger partial charge is 0.346 e. The van der Waals surface area contributed by atoms with Gasteiger partial charge in [-0.05, 0) is 36.6 Å². The van der Waals surface area contributed by atoms with Crippen LogP contribution in [0.5, 0.6) is 0 Å². The number of aromatic nitrogens is 2. The Hall–Kier alpha value is -3.68. The second kappa shape index (κ2) is 8.59. The molecule has 0 spiro atoms. The molecular weight excluding hydrogens is 394 g/mol. The highest BCUT2D eigenvalue weighted by atomic mass is 16.2. The van der Waals surface area contributed by atoms with Crippen LogP contribution >= 0.6 is 0 Å². The highest BCUT2D eigenvalue weighted by Gasteiger charge is 2.39. The molecule has 4 rings (SSSR count). The summed E-state index contributed by atoms with van der Waals surface area (Å²) >= 11 is 0. The van der Waals surface area contributed by atoms with Crippen molar-refractivity contribution in [3.63, 3.8) is 0 Å². The molecular formula is C23H25N5O3. The van der Waals surface area contributed by atoms with Gasteiger partial charge in [-0.1, -0.05) is 44.2 Å². The van der Waals surface area contributed by atoms with Crippen LogP contribution in [0.2, 0.25) is 0 Å². The van der Waals surface area contributed by atoms with Crippen molar-refractivity contribution < 1.29 is 14.4 Å². The maximum atomic E-state index is 12.7. The minimum Gasteiger partial charge on any atom is -0.346 e. The van der Waals surface area contributed by atoms with Crippen molar-refractivity contribution in [1.29, 1.82) is 0 Å². The first-order valence-corrected chi connectivity index (χ1v) is 10.4. The van der Waals surface area contributed by atoms with Gasteiger partial charge in [0, 0.05) is 6.42 Å². The molecule has 0 bridgehead atoms. The number of nitrogens with zero attached hydrogens (tertiary/aromatic N) is 2. The number of fused-ring (bicyclic) bond motifs is 1. The van der Waals surface area contributed by atoms with Crippen molar-refractivity contribution in [3.8, 4) is 0 Å². The van der Waals surface area contributed by atoms with Gasteiger partial charge in [-0.25, -0.2) is 14.7 Å². The third-order valence-corrected chi connectivity index (χ3v) is 5.38. The van der Waals surface area contributed by atoms with E-state index in [1.807, 2.05) is 44.2 Å². The molecule has 0 radical (unpaired) electrons. The van der Waals surface area contributed by atoms with Gasteiger partial charge in [-0.3, -0.25) is 9.59 Å². The molecule has 0 saturated carbocycles. The molecule has 1 fully saturated rings. The Balaban J connectivity index is 1.39. The van der Waals surface area contributed by atoms with E-state index in [-0.39, 0.29) is 36.6 Å². The first-order chi connectivity index (χ1) is 14.9. The number of imidazole rings is 1. The summed E-state index contributed by atoms with van der Waals surface area (Å²) in [6.45, 7) is 4.02. The van der Waals surface area contributed by atoms with Crippen LogP contribution in [0.15, 0.2) is 54.6 Å². The zero-order valence-electron chi connectivity index (χ0n) is 17.5. The molecule has 3 N–H and O–H groups in total. The summed E-state index contributed by atoms with van der Waals surface area (Å²) in [7, 11) is 0. The number of para-hydroxylation sites is 3. The predicted molar refractivity (Wildman–Crippen MR) is 117 cm³/mol. The minimum absolute atomic E-state index is 0.114. The average Bonchev–Trinajstić information content (AvgIpc) is 3.31. The highest BCUT2D eigenvalue weighted by molar-refractivity contribution is 6.21. The van der Waals surface area contributed by atoms with Crippen LogP contribution in [0.4, 0.5) is 10.5 Å². The van der Waals surface area contributed by atoms with E-state index >= 15 is 0 Å². The van der Waals surface area contributed by atoms with Crippen LogP contribution < -0.4 is 15.5 Å². The molecule has 1 saturated heterocycles. The second-order valence-corrected chi connectivity index (χ2v) is 7.98. The number of hydrogen-bond donors (Lipinski definition) is 3. The van der Waals surface area contributed by atoms with Gasteiger partial charge < -0.3 is 15.6 Å². The zero-order valence-corrected chi connectivity index (χ0v) is 17.5. The van der Waals surface area contributed by atoms with Crippen LogP contribution in [0.3, 0.4) is 0 Å². The standard InChI is InChI=1S/C23H25N5O3/c1-14(2)20(21-24-16-10-6-7-11-17(16)25-21)27-19(29)13-12-18-22(30)28(23(31)26-18)15-8-4-3-5-9-15/h3-11,14,18,20H,12-13H2,1-2H3,(H,24,25)(H,26,31)(H,27,29)/t18-,20-/m1/s1. The molecule has 31 heavy (non-hydrogen) atoms. The Morgan fingerprint density at radius 2 is 1.81 bits per heavy atom. The number of urea groups is 1. The number of amides is 4. The van der Waals surface area contributed by atoms with E-state index in [0.717, 1.165) is 15.9 Å². The van der Waals surface area contributed by atoms with Gasteiger partial charge in [0.25, 0.3) is 5.91 Å². The molecule has 0 aliphatic carbocycles. The van der Waals surface area contributed by atoms with E-state index < -0.39 is 12.1 Å². The summed E-state index contributed by atoms with van der Waals surface area (Å²) < 4.78 is 0. The van der Waals surface area contributed by atoms with E-state index in [4.69, 9.17) is 0 Å². The van der Waals surface area contributed by atoms with E-state index in [1.54, 1.807) is 24.3 Å². The maximum absolute atomic E-state index is 12.7. The van der Waals surface area contributed by atoms with Crippen molar-refractivity contribution in [3.05, 3.63) is 60.4 Å². The lowest BCUT2D eigenvalue weighted by molar-refractivity contribution is -0.122. The van der Waals surface area contributed by atoms with Crippen LogP contribution in [0.1, 0.15) is 38.6 Å². The number of anilines is 1. The van der Waals surface area contributed by atoms with Crippen LogP contribution in [-0.2, 0) is 9.59 Å². The molecule has 2 atom stereocenters. The van der Waals surface area contributed by atoms with Crippen molar-refractivity contribution >= 4 is 34.6 Å². The number of carbonyl (C=O) groups excluding carboxylic acids is 3. The maximum Gasteiger partial charge on any atom is 0.329 e. The molecule has 1 aliphatic heterocycles. The van der Waals surface area contributed by atoms with Crippen LogP contribution in [0, 0.1) is 5.92 Å². The zero-order chi connectivity index (χ0) is 22.0. The molecule has 8 nitrogen and oxygen atoms in total. The quantitative estimate of drug-likeness (QED) is 0.511. The summed E-state index contributed by atoms with van der Waals surface area (Å²) in [6.07, 6.45) is 0.341. The summed E-state index contributed by atoms with van der Waals surface area (Å²) in [4.78, 5) is 46.6. The molecule has 4 amide bonds. The molecule has 1 aromatic heterocycles. The molecule has 8 heteroatoms. The fraction of sp³-hybridized carbons (Fsp3) is 0.304.